The second kappa shape index (κ2) is 10.00. The van der Waals surface area contributed by atoms with Crippen LogP contribution in [0.2, 0.25) is 0 Å². The summed E-state index contributed by atoms with van der Waals surface area (Å²) in [5.41, 5.74) is 6.87. The third kappa shape index (κ3) is 5.74. The van der Waals surface area contributed by atoms with Crippen molar-refractivity contribution in [2.45, 2.75) is 46.6 Å². The van der Waals surface area contributed by atoms with Gasteiger partial charge in [-0.15, -0.1) is 0 Å². The summed E-state index contributed by atoms with van der Waals surface area (Å²) in [5, 5.41) is 6.83. The molecule has 0 aliphatic carbocycles. The highest BCUT2D eigenvalue weighted by Gasteiger charge is 2.32. The van der Waals surface area contributed by atoms with Crippen LogP contribution in [0, 0.1) is 17.0 Å². The van der Waals surface area contributed by atoms with Crippen LogP contribution in [0.15, 0.2) is 52.3 Å². The first-order valence-electron chi connectivity index (χ1n) is 12.3. The number of carbonyl (C=O) groups is 1. The number of rotatable bonds is 5. The molecule has 0 bridgehead atoms. The van der Waals surface area contributed by atoms with Crippen molar-refractivity contribution in [1.29, 1.82) is 0 Å². The SMILES string of the molecule is CC1(C)CCN(c2c(NC(=O)c3ccc(=O)n(-c4c(F)cccc4F)n3)ccc(N)c2C=NC(C)(C)C)C1. The molecule has 1 aliphatic rings. The molecule has 1 amide bonds. The van der Waals surface area contributed by atoms with Crippen LogP contribution in [0.5, 0.6) is 0 Å². The predicted octanol–water partition coefficient (Wildman–Crippen LogP) is 4.80. The van der Waals surface area contributed by atoms with E-state index in [0.29, 0.717) is 21.6 Å². The van der Waals surface area contributed by atoms with E-state index in [1.807, 2.05) is 20.8 Å². The lowest BCUT2D eigenvalue weighted by atomic mass is 9.93. The average molecular weight is 523 g/mol. The normalized spacial score (nSPS) is 15.3. The van der Waals surface area contributed by atoms with Crippen LogP contribution in [0.1, 0.15) is 57.1 Å². The van der Waals surface area contributed by atoms with Crippen LogP contribution >= 0.6 is 0 Å². The van der Waals surface area contributed by atoms with Gasteiger partial charge >= 0.3 is 0 Å². The maximum atomic E-state index is 14.4. The number of para-hydroxylation sites is 1. The lowest BCUT2D eigenvalue weighted by molar-refractivity contribution is 0.102. The summed E-state index contributed by atoms with van der Waals surface area (Å²) >= 11 is 0. The molecule has 4 rings (SSSR count). The van der Waals surface area contributed by atoms with Gasteiger partial charge in [0.2, 0.25) is 0 Å². The zero-order chi connectivity index (χ0) is 27.8. The minimum atomic E-state index is -0.975. The molecule has 0 radical (unpaired) electrons. The average Bonchev–Trinajstić information content (AvgIpc) is 3.18. The minimum absolute atomic E-state index is 0.0607. The summed E-state index contributed by atoms with van der Waals surface area (Å²) in [5.74, 6) is -2.60. The van der Waals surface area contributed by atoms with Crippen LogP contribution in [0.3, 0.4) is 0 Å². The lowest BCUT2D eigenvalue weighted by Gasteiger charge is -2.27. The Hall–Kier alpha value is -4.08. The van der Waals surface area contributed by atoms with Gasteiger partial charge in [-0.2, -0.15) is 9.78 Å². The number of nitrogens with one attached hydrogen (secondary N) is 1. The van der Waals surface area contributed by atoms with Crippen molar-refractivity contribution in [3.05, 3.63) is 75.7 Å². The molecule has 8 nitrogen and oxygen atoms in total. The van der Waals surface area contributed by atoms with E-state index in [4.69, 9.17) is 5.73 Å². The second-order valence-electron chi connectivity index (χ2n) is 11.2. The maximum absolute atomic E-state index is 14.4. The highest BCUT2D eigenvalue weighted by atomic mass is 19.1. The molecule has 0 spiro atoms. The number of anilines is 3. The molecule has 0 atom stereocenters. The number of aliphatic imine (C=N–C) groups is 1. The van der Waals surface area contributed by atoms with Crippen molar-refractivity contribution >= 4 is 29.2 Å². The number of amides is 1. The quantitative estimate of drug-likeness (QED) is 0.370. The zero-order valence-electron chi connectivity index (χ0n) is 22.2. The van der Waals surface area contributed by atoms with Crippen LogP contribution in [-0.4, -0.2) is 40.5 Å². The van der Waals surface area contributed by atoms with Crippen molar-refractivity contribution in [3.63, 3.8) is 0 Å². The standard InChI is InChI=1S/C28H32F2N6O2/c1-27(2,3)32-15-17-20(31)9-10-21(24(17)35-14-13-28(4,5)16-35)33-26(38)22-11-12-23(37)36(34-22)25-18(29)7-6-8-19(25)30/h6-12,15H,13-14,16,31H2,1-5H3,(H,33,38). The molecular formula is C28H32F2N6O2. The van der Waals surface area contributed by atoms with E-state index < -0.39 is 28.8 Å². The molecule has 1 saturated heterocycles. The molecule has 1 aromatic heterocycles. The highest BCUT2D eigenvalue weighted by Crippen LogP contribution is 2.40. The van der Waals surface area contributed by atoms with Gasteiger partial charge in [0.05, 0.1) is 16.9 Å². The third-order valence-electron chi connectivity index (χ3n) is 6.26. The molecule has 1 fully saturated rings. The van der Waals surface area contributed by atoms with E-state index in [2.05, 4.69) is 34.2 Å². The highest BCUT2D eigenvalue weighted by molar-refractivity contribution is 6.08. The fourth-order valence-corrected chi connectivity index (χ4v) is 4.33. The number of hydrogen-bond donors (Lipinski definition) is 2. The van der Waals surface area contributed by atoms with Gasteiger partial charge in [-0.25, -0.2) is 8.78 Å². The Morgan fingerprint density at radius 3 is 2.39 bits per heavy atom. The summed E-state index contributed by atoms with van der Waals surface area (Å²) in [4.78, 5) is 32.5. The molecule has 10 heteroatoms. The number of benzene rings is 2. The van der Waals surface area contributed by atoms with Gasteiger partial charge in [-0.05, 0) is 62.9 Å². The van der Waals surface area contributed by atoms with Gasteiger partial charge in [0.15, 0.2) is 11.6 Å². The summed E-state index contributed by atoms with van der Waals surface area (Å²) < 4.78 is 29.3. The largest absolute Gasteiger partial charge is 0.398 e. The van der Waals surface area contributed by atoms with E-state index in [-0.39, 0.29) is 16.6 Å². The molecule has 1 aliphatic heterocycles. The summed E-state index contributed by atoms with van der Waals surface area (Å²) in [6.07, 6.45) is 2.68. The Morgan fingerprint density at radius 1 is 1.11 bits per heavy atom. The van der Waals surface area contributed by atoms with Gasteiger partial charge in [0.1, 0.15) is 11.4 Å². The Balaban J connectivity index is 1.77. The number of nitrogens with two attached hydrogens (primary N) is 1. The molecular weight excluding hydrogens is 490 g/mol. The van der Waals surface area contributed by atoms with E-state index in [1.165, 1.54) is 12.1 Å². The van der Waals surface area contributed by atoms with Crippen molar-refractivity contribution < 1.29 is 13.6 Å². The topological polar surface area (TPSA) is 106 Å². The number of nitrogens with zero attached hydrogens (tertiary/aromatic N) is 4. The first-order chi connectivity index (χ1) is 17.8. The van der Waals surface area contributed by atoms with Gasteiger partial charge < -0.3 is 16.0 Å². The van der Waals surface area contributed by atoms with E-state index in [9.17, 15) is 18.4 Å². The maximum Gasteiger partial charge on any atom is 0.276 e. The van der Waals surface area contributed by atoms with Crippen molar-refractivity contribution in [2.24, 2.45) is 10.4 Å². The number of halogens is 2. The third-order valence-corrected chi connectivity index (χ3v) is 6.26. The van der Waals surface area contributed by atoms with Crippen LogP contribution in [-0.2, 0) is 0 Å². The minimum Gasteiger partial charge on any atom is -0.398 e. The summed E-state index contributed by atoms with van der Waals surface area (Å²) in [6, 6.07) is 8.85. The van der Waals surface area contributed by atoms with Crippen LogP contribution < -0.4 is 21.5 Å². The number of hydrogen-bond acceptors (Lipinski definition) is 6. The lowest BCUT2D eigenvalue weighted by Crippen LogP contribution is -2.28. The smallest absolute Gasteiger partial charge is 0.276 e. The molecule has 3 aromatic rings. The first-order valence-corrected chi connectivity index (χ1v) is 12.3. The number of carbonyl (C=O) groups excluding carboxylic acids is 1. The summed E-state index contributed by atoms with van der Waals surface area (Å²) in [6.45, 7) is 11.8. The summed E-state index contributed by atoms with van der Waals surface area (Å²) in [7, 11) is 0. The molecule has 38 heavy (non-hydrogen) atoms. The predicted molar refractivity (Wildman–Crippen MR) is 147 cm³/mol. The monoisotopic (exact) mass is 522 g/mol. The Bertz CT molecular complexity index is 1450. The van der Waals surface area contributed by atoms with Crippen molar-refractivity contribution in [3.8, 4) is 5.69 Å². The molecule has 2 aromatic carbocycles. The van der Waals surface area contributed by atoms with Crippen LogP contribution in [0.4, 0.5) is 25.8 Å². The van der Waals surface area contributed by atoms with Crippen molar-refractivity contribution in [2.75, 3.05) is 29.0 Å². The van der Waals surface area contributed by atoms with E-state index in [1.54, 1.807) is 18.3 Å². The molecule has 0 unspecified atom stereocenters. The molecule has 200 valence electrons. The van der Waals surface area contributed by atoms with E-state index in [0.717, 1.165) is 43.4 Å². The molecule has 2 heterocycles. The Labute approximate surface area is 220 Å². The zero-order valence-corrected chi connectivity index (χ0v) is 22.2. The van der Waals surface area contributed by atoms with Crippen LogP contribution in [0.25, 0.3) is 5.69 Å². The van der Waals surface area contributed by atoms with Gasteiger partial charge in [0.25, 0.3) is 11.5 Å². The van der Waals surface area contributed by atoms with Gasteiger partial charge in [-0.3, -0.25) is 14.6 Å². The van der Waals surface area contributed by atoms with Gasteiger partial charge in [-0.1, -0.05) is 19.9 Å². The van der Waals surface area contributed by atoms with Crippen molar-refractivity contribution in [1.82, 2.24) is 9.78 Å². The fraction of sp³-hybridized carbons (Fsp3) is 0.357. The Kier molecular flexibility index (Phi) is 7.10. The fourth-order valence-electron chi connectivity index (χ4n) is 4.33. The number of nitrogen functional groups attached to an aromatic ring is 1. The second-order valence-corrected chi connectivity index (χ2v) is 11.2. The Morgan fingerprint density at radius 2 is 1.79 bits per heavy atom. The van der Waals surface area contributed by atoms with Gasteiger partial charge in [0, 0.05) is 36.6 Å². The molecule has 3 N–H and O–H groups in total. The number of aromatic nitrogens is 2. The van der Waals surface area contributed by atoms with E-state index >= 15 is 0 Å². The first kappa shape index (κ1) is 27.0. The molecule has 0 saturated carbocycles.